The van der Waals surface area contributed by atoms with E-state index in [4.69, 9.17) is 10.5 Å². The Bertz CT molecular complexity index is 1150. The monoisotopic (exact) mass is 402 g/mol. The van der Waals surface area contributed by atoms with Crippen molar-refractivity contribution < 1.29 is 9.53 Å². The molecule has 0 saturated heterocycles. The number of carbonyl (C=O) groups excluding carboxylic acids is 1. The molecule has 0 bridgehead atoms. The number of nitrogens with two attached hydrogens (primary N) is 1. The van der Waals surface area contributed by atoms with Crippen molar-refractivity contribution >= 4 is 11.9 Å². The lowest BCUT2D eigenvalue weighted by Crippen LogP contribution is -2.37. The Balaban J connectivity index is 1.93. The summed E-state index contributed by atoms with van der Waals surface area (Å²) in [6.45, 7) is 2.87. The van der Waals surface area contributed by atoms with Gasteiger partial charge in [0.15, 0.2) is 0 Å². The maximum absolute atomic E-state index is 12.3. The molecule has 0 spiro atoms. The predicted octanol–water partition coefficient (Wildman–Crippen LogP) is 3.12. The van der Waals surface area contributed by atoms with E-state index in [1.54, 1.807) is 16.5 Å². The zero-order valence-corrected chi connectivity index (χ0v) is 16.9. The minimum Gasteiger partial charge on any atom is -0.450 e. The Morgan fingerprint density at radius 1 is 1.33 bits per heavy atom. The summed E-state index contributed by atoms with van der Waals surface area (Å²) in [6.07, 6.45) is 2.04. The van der Waals surface area contributed by atoms with E-state index in [1.807, 2.05) is 43.6 Å². The van der Waals surface area contributed by atoms with E-state index in [0.717, 1.165) is 28.1 Å². The first-order valence-corrected chi connectivity index (χ1v) is 9.76. The van der Waals surface area contributed by atoms with Crippen LogP contribution in [0.5, 0.6) is 0 Å². The van der Waals surface area contributed by atoms with Gasteiger partial charge >= 0.3 is 6.09 Å². The summed E-state index contributed by atoms with van der Waals surface area (Å²) < 4.78 is 6.90. The number of nitriles is 1. The van der Waals surface area contributed by atoms with E-state index in [2.05, 4.69) is 16.2 Å². The molecule has 0 saturated carbocycles. The number of benzene rings is 1. The summed E-state index contributed by atoms with van der Waals surface area (Å²) in [4.78, 5) is 18.4. The molecule has 30 heavy (non-hydrogen) atoms. The maximum atomic E-state index is 12.3. The Labute approximate surface area is 174 Å². The molecular weight excluding hydrogens is 380 g/mol. The maximum Gasteiger partial charge on any atom is 0.410 e. The SMILES string of the molecule is CCOC(=O)N1CCc2nc(N)c(C#N)c(-c3cn(C)nc3-c3ccccc3)c2C1. The van der Waals surface area contributed by atoms with E-state index in [1.165, 1.54) is 0 Å². The molecule has 1 aromatic carbocycles. The van der Waals surface area contributed by atoms with Crippen LogP contribution < -0.4 is 5.73 Å². The van der Waals surface area contributed by atoms with Gasteiger partial charge < -0.3 is 15.4 Å². The van der Waals surface area contributed by atoms with Crippen molar-refractivity contribution in [3.8, 4) is 28.5 Å². The lowest BCUT2D eigenvalue weighted by Gasteiger charge is -2.29. The van der Waals surface area contributed by atoms with Crippen molar-refractivity contribution in [1.29, 1.82) is 5.26 Å². The molecule has 0 atom stereocenters. The zero-order chi connectivity index (χ0) is 21.3. The summed E-state index contributed by atoms with van der Waals surface area (Å²) in [5.74, 6) is 0.193. The summed E-state index contributed by atoms with van der Waals surface area (Å²) >= 11 is 0. The summed E-state index contributed by atoms with van der Waals surface area (Å²) in [7, 11) is 1.84. The predicted molar refractivity (Wildman–Crippen MR) is 112 cm³/mol. The molecule has 0 unspecified atom stereocenters. The van der Waals surface area contributed by atoms with E-state index in [0.29, 0.717) is 37.2 Å². The Morgan fingerprint density at radius 2 is 2.10 bits per heavy atom. The topological polar surface area (TPSA) is 110 Å². The number of amides is 1. The molecule has 1 amide bonds. The second-order valence-corrected chi connectivity index (χ2v) is 7.09. The molecule has 3 aromatic rings. The van der Waals surface area contributed by atoms with Crippen LogP contribution >= 0.6 is 0 Å². The van der Waals surface area contributed by atoms with Crippen LogP contribution in [0.4, 0.5) is 10.6 Å². The third-order valence-electron chi connectivity index (χ3n) is 5.16. The number of rotatable bonds is 3. The fraction of sp³-hybridized carbons (Fsp3) is 0.273. The molecule has 2 aromatic heterocycles. The molecule has 3 heterocycles. The van der Waals surface area contributed by atoms with E-state index < -0.39 is 0 Å². The average molecular weight is 402 g/mol. The van der Waals surface area contributed by atoms with Gasteiger partial charge in [-0.05, 0) is 6.92 Å². The molecule has 4 rings (SSSR count). The highest BCUT2D eigenvalue weighted by Crippen LogP contribution is 2.39. The molecule has 0 fully saturated rings. The Kier molecular flexibility index (Phi) is 5.11. The van der Waals surface area contributed by atoms with Crippen molar-refractivity contribution in [1.82, 2.24) is 19.7 Å². The van der Waals surface area contributed by atoms with Crippen LogP contribution in [-0.4, -0.2) is 38.9 Å². The van der Waals surface area contributed by atoms with Crippen molar-refractivity contribution in [3.63, 3.8) is 0 Å². The largest absolute Gasteiger partial charge is 0.450 e. The lowest BCUT2D eigenvalue weighted by atomic mass is 9.90. The van der Waals surface area contributed by atoms with Gasteiger partial charge in [0.1, 0.15) is 23.1 Å². The van der Waals surface area contributed by atoms with E-state index in [9.17, 15) is 10.1 Å². The summed E-state index contributed by atoms with van der Waals surface area (Å²) in [6, 6.07) is 12.0. The van der Waals surface area contributed by atoms with Crippen molar-refractivity contribution in [2.75, 3.05) is 18.9 Å². The number of nitrogen functional groups attached to an aromatic ring is 1. The molecule has 2 N–H and O–H groups in total. The molecular formula is C22H22N6O2. The first-order chi connectivity index (χ1) is 14.5. The van der Waals surface area contributed by atoms with Gasteiger partial charge in [0, 0.05) is 48.5 Å². The second kappa shape index (κ2) is 7.87. The van der Waals surface area contributed by atoms with Crippen LogP contribution in [0.1, 0.15) is 23.7 Å². The fourth-order valence-corrected chi connectivity index (χ4v) is 3.84. The van der Waals surface area contributed by atoms with Gasteiger partial charge in [-0.25, -0.2) is 9.78 Å². The molecule has 152 valence electrons. The first-order valence-electron chi connectivity index (χ1n) is 9.76. The smallest absolute Gasteiger partial charge is 0.410 e. The van der Waals surface area contributed by atoms with E-state index >= 15 is 0 Å². The van der Waals surface area contributed by atoms with Crippen LogP contribution in [0, 0.1) is 11.3 Å². The minimum atomic E-state index is -0.376. The highest BCUT2D eigenvalue weighted by Gasteiger charge is 2.30. The summed E-state index contributed by atoms with van der Waals surface area (Å²) in [5.41, 5.74) is 11.2. The van der Waals surface area contributed by atoms with Crippen LogP contribution in [0.15, 0.2) is 36.5 Å². The highest BCUT2D eigenvalue weighted by molar-refractivity contribution is 5.88. The van der Waals surface area contributed by atoms with Gasteiger partial charge in [-0.2, -0.15) is 10.4 Å². The van der Waals surface area contributed by atoms with Crippen LogP contribution in [0.25, 0.3) is 22.4 Å². The second-order valence-electron chi connectivity index (χ2n) is 7.09. The quantitative estimate of drug-likeness (QED) is 0.721. The zero-order valence-electron chi connectivity index (χ0n) is 16.9. The van der Waals surface area contributed by atoms with Gasteiger partial charge in [0.05, 0.1) is 18.8 Å². The number of nitrogens with zero attached hydrogens (tertiary/aromatic N) is 5. The molecule has 8 heteroatoms. The van der Waals surface area contributed by atoms with Crippen LogP contribution in [0.3, 0.4) is 0 Å². The van der Waals surface area contributed by atoms with Crippen LogP contribution in [-0.2, 0) is 24.8 Å². The van der Waals surface area contributed by atoms with Gasteiger partial charge in [0.25, 0.3) is 0 Å². The normalized spacial score (nSPS) is 12.9. The number of aryl methyl sites for hydroxylation is 1. The molecule has 1 aliphatic heterocycles. The number of fused-ring (bicyclic) bond motifs is 1. The van der Waals surface area contributed by atoms with Gasteiger partial charge in [-0.15, -0.1) is 0 Å². The van der Waals surface area contributed by atoms with Crippen molar-refractivity contribution in [3.05, 3.63) is 53.3 Å². The molecule has 0 radical (unpaired) electrons. The van der Waals surface area contributed by atoms with Crippen LogP contribution in [0.2, 0.25) is 0 Å². The number of ether oxygens (including phenoxy) is 1. The number of anilines is 1. The molecule has 0 aliphatic carbocycles. The molecule has 8 nitrogen and oxygen atoms in total. The van der Waals surface area contributed by atoms with Crippen molar-refractivity contribution in [2.45, 2.75) is 19.9 Å². The van der Waals surface area contributed by atoms with Gasteiger partial charge in [-0.3, -0.25) is 4.68 Å². The average Bonchev–Trinajstić information content (AvgIpc) is 3.14. The first kappa shape index (κ1) is 19.5. The van der Waals surface area contributed by atoms with Gasteiger partial charge in [0.2, 0.25) is 0 Å². The summed E-state index contributed by atoms with van der Waals surface area (Å²) in [5, 5.41) is 14.5. The number of pyridine rings is 1. The van der Waals surface area contributed by atoms with Crippen molar-refractivity contribution in [2.24, 2.45) is 7.05 Å². The third-order valence-corrected chi connectivity index (χ3v) is 5.16. The van der Waals surface area contributed by atoms with Gasteiger partial charge in [-0.1, -0.05) is 30.3 Å². The number of hydrogen-bond donors (Lipinski definition) is 1. The number of carbonyl (C=O) groups is 1. The van der Waals surface area contributed by atoms with E-state index in [-0.39, 0.29) is 11.9 Å². The fourth-order valence-electron chi connectivity index (χ4n) is 3.84. The number of hydrogen-bond acceptors (Lipinski definition) is 6. The lowest BCUT2D eigenvalue weighted by molar-refractivity contribution is 0.102. The standard InChI is InChI=1S/C22H22N6O2/c1-3-30-22(29)28-10-9-18-16(13-28)19(15(11-23)21(24)25-18)17-12-27(2)26-20(17)14-7-5-4-6-8-14/h4-8,12H,3,9-10,13H2,1-2H3,(H2,24,25). The third kappa shape index (κ3) is 3.35. The minimum absolute atomic E-state index is 0.193. The molecule has 1 aliphatic rings. The Morgan fingerprint density at radius 3 is 2.80 bits per heavy atom. The highest BCUT2D eigenvalue weighted by atomic mass is 16.6. The Hall–Kier alpha value is -3.86. The number of aromatic nitrogens is 3.